The predicted molar refractivity (Wildman–Crippen MR) is 62.8 cm³/mol. The second-order valence-electron chi connectivity index (χ2n) is 4.21. The first-order valence-corrected chi connectivity index (χ1v) is 5.52. The highest BCUT2D eigenvalue weighted by atomic mass is 16.6. The molecule has 8 heteroatoms. The van der Waals surface area contributed by atoms with Gasteiger partial charge in [-0.05, 0) is 20.3 Å². The van der Waals surface area contributed by atoms with Crippen molar-refractivity contribution in [3.05, 3.63) is 22.5 Å². The molecule has 8 nitrogen and oxygen atoms in total. The molecular weight excluding hydrogens is 240 g/mol. The summed E-state index contributed by atoms with van der Waals surface area (Å²) in [6.45, 7) is 3.33. The van der Waals surface area contributed by atoms with Gasteiger partial charge in [0.05, 0.1) is 11.0 Å². The van der Waals surface area contributed by atoms with Crippen LogP contribution < -0.4 is 5.32 Å². The van der Waals surface area contributed by atoms with Gasteiger partial charge in [0.15, 0.2) is 0 Å². The molecule has 1 heterocycles. The number of amides is 1. The number of hydrogen-bond acceptors (Lipinski definition) is 5. The summed E-state index contributed by atoms with van der Waals surface area (Å²) in [6.07, 6.45) is 2.24. The number of aromatic nitrogens is 2. The van der Waals surface area contributed by atoms with Crippen molar-refractivity contribution < 1.29 is 14.8 Å². The fourth-order valence-corrected chi connectivity index (χ4v) is 1.57. The van der Waals surface area contributed by atoms with Gasteiger partial charge < -0.3 is 10.4 Å². The lowest BCUT2D eigenvalue weighted by Crippen LogP contribution is -2.36. The molecule has 0 radical (unpaired) electrons. The van der Waals surface area contributed by atoms with E-state index in [-0.39, 0.29) is 24.2 Å². The number of nitrogens with one attached hydrogen (secondary N) is 1. The highest BCUT2D eigenvalue weighted by Gasteiger charge is 2.13. The number of carbonyl (C=O) groups excluding carboxylic acids is 1. The highest BCUT2D eigenvalue weighted by Crippen LogP contribution is 2.07. The summed E-state index contributed by atoms with van der Waals surface area (Å²) < 4.78 is 1.20. The van der Waals surface area contributed by atoms with E-state index in [0.717, 1.165) is 6.20 Å². The minimum absolute atomic E-state index is 0.0853. The summed E-state index contributed by atoms with van der Waals surface area (Å²) in [5.74, 6) is -0.304. The number of hydrogen-bond donors (Lipinski definition) is 2. The molecule has 2 unspecified atom stereocenters. The Hall–Kier alpha value is -1.96. The molecule has 100 valence electrons. The van der Waals surface area contributed by atoms with Gasteiger partial charge in [0.25, 0.3) is 0 Å². The lowest BCUT2D eigenvalue weighted by atomic mass is 10.1. The Bertz CT molecular complexity index is 429. The number of aliphatic hydroxyl groups is 1. The van der Waals surface area contributed by atoms with Crippen LogP contribution in [-0.2, 0) is 11.3 Å². The van der Waals surface area contributed by atoms with Crippen LogP contribution in [0.1, 0.15) is 20.3 Å². The van der Waals surface area contributed by atoms with Gasteiger partial charge in [0.1, 0.15) is 18.9 Å². The zero-order valence-corrected chi connectivity index (χ0v) is 10.2. The Morgan fingerprint density at radius 2 is 2.33 bits per heavy atom. The van der Waals surface area contributed by atoms with Crippen molar-refractivity contribution in [2.45, 2.75) is 39.0 Å². The smallest absolute Gasteiger partial charge is 0.307 e. The van der Waals surface area contributed by atoms with Crippen molar-refractivity contribution in [1.82, 2.24) is 15.1 Å². The van der Waals surface area contributed by atoms with Crippen molar-refractivity contribution in [2.75, 3.05) is 0 Å². The molecule has 1 aromatic rings. The van der Waals surface area contributed by atoms with E-state index in [4.69, 9.17) is 5.11 Å². The van der Waals surface area contributed by atoms with Crippen molar-refractivity contribution in [1.29, 1.82) is 0 Å². The van der Waals surface area contributed by atoms with Crippen LogP contribution in [0.3, 0.4) is 0 Å². The van der Waals surface area contributed by atoms with Crippen molar-refractivity contribution in [3.8, 4) is 0 Å². The molecule has 0 saturated heterocycles. The zero-order valence-electron chi connectivity index (χ0n) is 10.2. The molecule has 2 atom stereocenters. The first-order chi connectivity index (χ1) is 8.38. The van der Waals surface area contributed by atoms with E-state index in [1.807, 2.05) is 0 Å². The molecule has 18 heavy (non-hydrogen) atoms. The quantitative estimate of drug-likeness (QED) is 0.552. The Balaban J connectivity index is 2.46. The molecule has 0 aliphatic carbocycles. The first-order valence-electron chi connectivity index (χ1n) is 5.52. The SMILES string of the molecule is CC(O)CC(C)NC(=O)Cn1cc([N+](=O)[O-])cn1. The third kappa shape index (κ3) is 4.50. The zero-order chi connectivity index (χ0) is 13.7. The Morgan fingerprint density at radius 1 is 1.67 bits per heavy atom. The average molecular weight is 256 g/mol. The van der Waals surface area contributed by atoms with E-state index < -0.39 is 11.0 Å². The molecular formula is C10H16N4O4. The summed E-state index contributed by atoms with van der Waals surface area (Å²) in [5.41, 5.74) is -0.153. The largest absolute Gasteiger partial charge is 0.393 e. The van der Waals surface area contributed by atoms with Crippen LogP contribution >= 0.6 is 0 Å². The van der Waals surface area contributed by atoms with Gasteiger partial charge in [0.2, 0.25) is 5.91 Å². The fourth-order valence-electron chi connectivity index (χ4n) is 1.57. The number of aliphatic hydroxyl groups excluding tert-OH is 1. The molecule has 0 bridgehead atoms. The van der Waals surface area contributed by atoms with Gasteiger partial charge in [-0.15, -0.1) is 0 Å². The van der Waals surface area contributed by atoms with E-state index in [1.165, 1.54) is 10.9 Å². The normalized spacial score (nSPS) is 13.9. The maximum absolute atomic E-state index is 11.6. The fraction of sp³-hybridized carbons (Fsp3) is 0.600. The Morgan fingerprint density at radius 3 is 2.83 bits per heavy atom. The van der Waals surface area contributed by atoms with Gasteiger partial charge in [-0.3, -0.25) is 19.6 Å². The standard InChI is InChI=1S/C10H16N4O4/c1-7(3-8(2)15)12-10(16)6-13-5-9(4-11-13)14(17)18/h4-5,7-8,15H,3,6H2,1-2H3,(H,12,16). The van der Waals surface area contributed by atoms with Gasteiger partial charge in [0, 0.05) is 6.04 Å². The van der Waals surface area contributed by atoms with Gasteiger partial charge in [-0.1, -0.05) is 0 Å². The molecule has 0 spiro atoms. The molecule has 1 amide bonds. The van der Waals surface area contributed by atoms with Crippen molar-refractivity contribution in [3.63, 3.8) is 0 Å². The van der Waals surface area contributed by atoms with Crippen LogP contribution in [0.2, 0.25) is 0 Å². The molecule has 0 aliphatic rings. The van der Waals surface area contributed by atoms with Crippen LogP contribution in [-0.4, -0.2) is 37.9 Å². The van der Waals surface area contributed by atoms with E-state index in [2.05, 4.69) is 10.4 Å². The minimum atomic E-state index is -0.572. The van der Waals surface area contributed by atoms with E-state index in [1.54, 1.807) is 13.8 Å². The molecule has 0 fully saturated rings. The molecule has 1 rings (SSSR count). The van der Waals surface area contributed by atoms with E-state index in [0.29, 0.717) is 6.42 Å². The van der Waals surface area contributed by atoms with Gasteiger partial charge >= 0.3 is 5.69 Å². The Labute approximate surface area is 104 Å². The molecule has 0 aromatic carbocycles. The van der Waals surface area contributed by atoms with Crippen LogP contribution in [0.15, 0.2) is 12.4 Å². The maximum atomic E-state index is 11.6. The summed E-state index contributed by atoms with van der Waals surface area (Å²) >= 11 is 0. The highest BCUT2D eigenvalue weighted by molar-refractivity contribution is 5.75. The number of carbonyl (C=O) groups is 1. The minimum Gasteiger partial charge on any atom is -0.393 e. The number of nitrogens with zero attached hydrogens (tertiary/aromatic N) is 3. The van der Waals surface area contributed by atoms with E-state index >= 15 is 0 Å². The van der Waals surface area contributed by atoms with Crippen LogP contribution in [0.25, 0.3) is 0 Å². The molecule has 0 saturated carbocycles. The summed E-state index contributed by atoms with van der Waals surface area (Å²) in [5, 5.41) is 25.9. The van der Waals surface area contributed by atoms with Crippen LogP contribution in [0, 0.1) is 10.1 Å². The average Bonchev–Trinajstić information content (AvgIpc) is 2.63. The topological polar surface area (TPSA) is 110 Å². The van der Waals surface area contributed by atoms with Gasteiger partial charge in [-0.2, -0.15) is 5.10 Å². The second kappa shape index (κ2) is 6.10. The summed E-state index contributed by atoms with van der Waals surface area (Å²) in [4.78, 5) is 21.4. The van der Waals surface area contributed by atoms with Crippen molar-refractivity contribution >= 4 is 11.6 Å². The monoisotopic (exact) mass is 256 g/mol. The lowest BCUT2D eigenvalue weighted by Gasteiger charge is -2.15. The molecule has 2 N–H and O–H groups in total. The predicted octanol–water partition coefficient (Wildman–Crippen LogP) is 0.0669. The van der Waals surface area contributed by atoms with E-state index in [9.17, 15) is 14.9 Å². The Kier molecular flexibility index (Phi) is 4.78. The first kappa shape index (κ1) is 14.1. The summed E-state index contributed by atoms with van der Waals surface area (Å²) in [6, 6.07) is -0.164. The third-order valence-electron chi connectivity index (χ3n) is 2.24. The lowest BCUT2D eigenvalue weighted by molar-refractivity contribution is -0.385. The summed E-state index contributed by atoms with van der Waals surface area (Å²) in [7, 11) is 0. The molecule has 0 aliphatic heterocycles. The third-order valence-corrected chi connectivity index (χ3v) is 2.24. The number of nitro groups is 1. The maximum Gasteiger partial charge on any atom is 0.307 e. The van der Waals surface area contributed by atoms with Crippen LogP contribution in [0.5, 0.6) is 0 Å². The van der Waals surface area contributed by atoms with Gasteiger partial charge in [-0.25, -0.2) is 0 Å². The van der Waals surface area contributed by atoms with Crippen molar-refractivity contribution in [2.24, 2.45) is 0 Å². The molecule has 1 aromatic heterocycles. The van der Waals surface area contributed by atoms with Crippen LogP contribution in [0.4, 0.5) is 5.69 Å². The number of rotatable bonds is 6. The second-order valence-corrected chi connectivity index (χ2v) is 4.21.